The van der Waals surface area contributed by atoms with Crippen LogP contribution < -0.4 is 0 Å². The van der Waals surface area contributed by atoms with Crippen molar-refractivity contribution in [3.8, 4) is 11.4 Å². The molecule has 1 N–H and O–H groups in total. The maximum atomic E-state index is 6.01. The van der Waals surface area contributed by atoms with Crippen LogP contribution in [-0.4, -0.2) is 9.97 Å². The Balaban J connectivity index is 2.59. The van der Waals surface area contributed by atoms with Gasteiger partial charge >= 0.3 is 0 Å². The van der Waals surface area contributed by atoms with Crippen molar-refractivity contribution >= 4 is 51.3 Å². The highest BCUT2D eigenvalue weighted by Gasteiger charge is 2.09. The van der Waals surface area contributed by atoms with Gasteiger partial charge in [-0.2, -0.15) is 0 Å². The van der Waals surface area contributed by atoms with Crippen molar-refractivity contribution in [3.63, 3.8) is 0 Å². The first-order chi connectivity index (χ1) is 9.01. The predicted molar refractivity (Wildman–Crippen MR) is 86.6 cm³/mol. The van der Waals surface area contributed by atoms with Crippen molar-refractivity contribution in [1.82, 2.24) is 9.97 Å². The van der Waals surface area contributed by atoms with Crippen LogP contribution in [0.1, 0.15) is 19.0 Å². The number of halogens is 3. The van der Waals surface area contributed by atoms with E-state index in [2.05, 4.69) is 32.8 Å². The van der Waals surface area contributed by atoms with Gasteiger partial charge in [0.15, 0.2) is 0 Å². The molecule has 2 nitrogen and oxygen atoms in total. The number of hydrogen-bond donors (Lipinski definition) is 1. The lowest BCUT2D eigenvalue weighted by Gasteiger charge is -2.08. The van der Waals surface area contributed by atoms with Gasteiger partial charge < -0.3 is 4.98 Å². The Morgan fingerprint density at radius 1 is 1.26 bits per heavy atom. The van der Waals surface area contributed by atoms with E-state index in [9.17, 15) is 0 Å². The third-order valence-electron chi connectivity index (χ3n) is 2.57. The number of nitrogens with one attached hydrogen (secondary N) is 1. The fourth-order valence-corrected chi connectivity index (χ4v) is 2.88. The number of hydrogen-bond acceptors (Lipinski definition) is 2. The van der Waals surface area contributed by atoms with Gasteiger partial charge in [-0.1, -0.05) is 48.8 Å². The topological polar surface area (TPSA) is 28.7 Å². The van der Waals surface area contributed by atoms with E-state index >= 15 is 0 Å². The first-order valence-corrected chi connectivity index (χ1v) is 7.72. The molecular weight excluding hydrogens is 367 g/mol. The molecule has 6 heteroatoms. The van der Waals surface area contributed by atoms with Crippen molar-refractivity contribution in [2.24, 2.45) is 0 Å². The van der Waals surface area contributed by atoms with Crippen molar-refractivity contribution in [1.29, 1.82) is 0 Å². The van der Waals surface area contributed by atoms with Crippen molar-refractivity contribution in [3.05, 3.63) is 43.1 Å². The highest BCUT2D eigenvalue weighted by atomic mass is 79.9. The molecule has 0 atom stereocenters. The van der Waals surface area contributed by atoms with E-state index in [-0.39, 0.29) is 0 Å². The number of rotatable bonds is 3. The first-order valence-electron chi connectivity index (χ1n) is 5.76. The van der Waals surface area contributed by atoms with E-state index in [1.54, 1.807) is 6.07 Å². The minimum atomic E-state index is 0.535. The lowest BCUT2D eigenvalue weighted by molar-refractivity contribution is 0.865. The molecule has 0 fully saturated rings. The SMILES string of the molecule is CCCc1[nH]c(-c2cc(Cl)cc(Cl)c2)nc(=S)c1Br. The summed E-state index contributed by atoms with van der Waals surface area (Å²) in [4.78, 5) is 7.65. The molecule has 19 heavy (non-hydrogen) atoms. The molecule has 1 heterocycles. The molecule has 1 aromatic heterocycles. The smallest absolute Gasteiger partial charge is 0.144 e. The molecule has 0 saturated carbocycles. The number of aryl methyl sites for hydroxylation is 1. The summed E-state index contributed by atoms with van der Waals surface area (Å²) >= 11 is 20.8. The van der Waals surface area contributed by atoms with Gasteiger partial charge in [0.2, 0.25) is 0 Å². The summed E-state index contributed by atoms with van der Waals surface area (Å²) in [6.07, 6.45) is 1.91. The number of aromatic nitrogens is 2. The molecule has 0 saturated heterocycles. The third kappa shape index (κ3) is 3.57. The zero-order valence-corrected chi connectivity index (χ0v) is 14.0. The van der Waals surface area contributed by atoms with Gasteiger partial charge in [0.05, 0.1) is 4.47 Å². The summed E-state index contributed by atoms with van der Waals surface area (Å²) in [6, 6.07) is 5.31. The van der Waals surface area contributed by atoms with Crippen LogP contribution in [0, 0.1) is 4.64 Å². The normalized spacial score (nSPS) is 10.7. The van der Waals surface area contributed by atoms with Crippen molar-refractivity contribution in [2.45, 2.75) is 19.8 Å². The van der Waals surface area contributed by atoms with Crippen molar-refractivity contribution < 1.29 is 0 Å². The summed E-state index contributed by atoms with van der Waals surface area (Å²) in [6.45, 7) is 2.11. The minimum absolute atomic E-state index is 0.535. The molecule has 0 aliphatic carbocycles. The third-order valence-corrected chi connectivity index (χ3v) is 4.42. The molecule has 1 aromatic carbocycles. The second kappa shape index (κ2) is 6.35. The molecule has 2 aromatic rings. The van der Waals surface area contributed by atoms with Gasteiger partial charge in [-0.15, -0.1) is 0 Å². The molecule has 0 unspecified atom stereocenters. The monoisotopic (exact) mass is 376 g/mol. The van der Waals surface area contributed by atoms with E-state index < -0.39 is 0 Å². The highest BCUT2D eigenvalue weighted by molar-refractivity contribution is 9.10. The van der Waals surface area contributed by atoms with Crippen LogP contribution in [0.2, 0.25) is 10.0 Å². The highest BCUT2D eigenvalue weighted by Crippen LogP contribution is 2.27. The van der Waals surface area contributed by atoms with Crippen molar-refractivity contribution in [2.75, 3.05) is 0 Å². The van der Waals surface area contributed by atoms with Gasteiger partial charge in [0.25, 0.3) is 0 Å². The Hall–Kier alpha value is -0.420. The molecule has 100 valence electrons. The lowest BCUT2D eigenvalue weighted by atomic mass is 10.2. The fourth-order valence-electron chi connectivity index (χ4n) is 1.75. The molecular formula is C13H11BrCl2N2S. The maximum absolute atomic E-state index is 6.01. The molecule has 0 spiro atoms. The van der Waals surface area contributed by atoms with Crippen LogP contribution in [-0.2, 0) is 6.42 Å². The standard InChI is InChI=1S/C13H11BrCl2N2S/c1-2-3-10-11(14)13(19)18-12(17-10)7-4-8(15)6-9(16)5-7/h4-6H,2-3H2,1H3,(H,17,18,19). The first kappa shape index (κ1) is 15.0. The lowest BCUT2D eigenvalue weighted by Crippen LogP contribution is -1.98. The second-order valence-corrected chi connectivity index (χ2v) is 6.14. The summed E-state index contributed by atoms with van der Waals surface area (Å²) in [5.74, 6) is 0.682. The Morgan fingerprint density at radius 3 is 2.47 bits per heavy atom. The van der Waals surface area contributed by atoms with Gasteiger partial charge in [0, 0.05) is 21.3 Å². The van der Waals surface area contributed by atoms with Crippen LogP contribution >= 0.6 is 51.3 Å². The number of nitrogens with zero attached hydrogens (tertiary/aromatic N) is 1. The average Bonchev–Trinajstić information content (AvgIpc) is 2.33. The largest absolute Gasteiger partial charge is 0.342 e. The summed E-state index contributed by atoms with van der Waals surface area (Å²) in [5.41, 5.74) is 1.86. The minimum Gasteiger partial charge on any atom is -0.342 e. The van der Waals surface area contributed by atoms with Gasteiger partial charge in [-0.05, 0) is 40.5 Å². The van der Waals surface area contributed by atoms with Crippen LogP contribution in [0.25, 0.3) is 11.4 Å². The van der Waals surface area contributed by atoms with E-state index in [1.807, 2.05) is 12.1 Å². The maximum Gasteiger partial charge on any atom is 0.144 e. The molecule has 0 bridgehead atoms. The summed E-state index contributed by atoms with van der Waals surface area (Å²) < 4.78 is 1.38. The number of H-pyrrole nitrogens is 1. The Kier molecular flexibility index (Phi) is 5.01. The molecule has 0 amide bonds. The number of benzene rings is 1. The summed E-state index contributed by atoms with van der Waals surface area (Å²) in [5, 5.41) is 1.15. The zero-order chi connectivity index (χ0) is 14.0. The van der Waals surface area contributed by atoms with E-state index in [1.165, 1.54) is 0 Å². The van der Waals surface area contributed by atoms with E-state index in [0.717, 1.165) is 28.6 Å². The van der Waals surface area contributed by atoms with Gasteiger partial charge in [-0.25, -0.2) is 4.98 Å². The van der Waals surface area contributed by atoms with Crippen LogP contribution in [0.5, 0.6) is 0 Å². The average molecular weight is 378 g/mol. The van der Waals surface area contributed by atoms with Crippen LogP contribution in [0.4, 0.5) is 0 Å². The summed E-state index contributed by atoms with van der Waals surface area (Å²) in [7, 11) is 0. The molecule has 0 aliphatic heterocycles. The fraction of sp³-hybridized carbons (Fsp3) is 0.231. The van der Waals surface area contributed by atoms with E-state index in [4.69, 9.17) is 35.4 Å². The Morgan fingerprint density at radius 2 is 1.89 bits per heavy atom. The second-order valence-electron chi connectivity index (χ2n) is 4.09. The van der Waals surface area contributed by atoms with Crippen LogP contribution in [0.3, 0.4) is 0 Å². The van der Waals surface area contributed by atoms with Crippen LogP contribution in [0.15, 0.2) is 22.7 Å². The molecule has 2 rings (SSSR count). The Labute approximate surface area is 135 Å². The van der Waals surface area contributed by atoms with Gasteiger partial charge in [-0.3, -0.25) is 0 Å². The Bertz CT molecular complexity index is 650. The molecule has 0 radical (unpaired) electrons. The quantitative estimate of drug-likeness (QED) is 0.681. The zero-order valence-electron chi connectivity index (χ0n) is 10.1. The molecule has 0 aliphatic rings. The predicted octanol–water partition coefficient (Wildman–Crippen LogP) is 5.83. The van der Waals surface area contributed by atoms with Gasteiger partial charge in [0.1, 0.15) is 10.5 Å². The van der Waals surface area contributed by atoms with E-state index in [0.29, 0.717) is 20.5 Å². The number of aromatic amines is 1.